The Morgan fingerprint density at radius 3 is 2.54 bits per heavy atom. The fourth-order valence-electron chi connectivity index (χ4n) is 4.66. The fraction of sp³-hybridized carbons (Fsp3) is 0.360. The standard InChI is InChI=1S/C25H27N3O6S/c1-16-23(18-4-6-20(32-2)7-5-18)35(30,31)27-24(16)28-11-9-19(10-12-28)25(29)26-14-17-3-8-21-22(13-17)34-15-33-21/h3-8,13,19H,9-12,14-15H2,1-2H3,(H,26,29). The van der Waals surface area contributed by atoms with Crippen LogP contribution in [0.15, 0.2) is 52.4 Å². The van der Waals surface area contributed by atoms with Crippen molar-refractivity contribution in [3.8, 4) is 17.2 Å². The largest absolute Gasteiger partial charge is 0.497 e. The number of fused-ring (bicyclic) bond motifs is 1. The number of nitrogens with zero attached hydrogens (tertiary/aromatic N) is 2. The van der Waals surface area contributed by atoms with Crippen molar-refractivity contribution in [3.05, 3.63) is 59.2 Å². The SMILES string of the molecule is COc1ccc(C2=C(C)C(N3CCC(C(=O)NCc4ccc5c(c4)OCO5)CC3)=NS2(=O)=O)cc1. The van der Waals surface area contributed by atoms with Crippen molar-refractivity contribution >= 4 is 26.7 Å². The molecule has 0 radical (unpaired) electrons. The molecule has 0 saturated carbocycles. The molecule has 1 saturated heterocycles. The lowest BCUT2D eigenvalue weighted by atomic mass is 9.95. The maximum absolute atomic E-state index is 12.9. The first kappa shape index (κ1) is 23.2. The molecule has 1 N–H and O–H groups in total. The number of benzene rings is 2. The maximum Gasteiger partial charge on any atom is 0.285 e. The number of likely N-dealkylation sites (tertiary alicyclic amines) is 1. The van der Waals surface area contributed by atoms with Crippen LogP contribution < -0.4 is 19.5 Å². The van der Waals surface area contributed by atoms with Crippen LogP contribution >= 0.6 is 0 Å². The van der Waals surface area contributed by atoms with E-state index < -0.39 is 10.0 Å². The van der Waals surface area contributed by atoms with E-state index in [1.165, 1.54) is 0 Å². The summed E-state index contributed by atoms with van der Waals surface area (Å²) < 4.78 is 45.7. The van der Waals surface area contributed by atoms with Gasteiger partial charge in [-0.15, -0.1) is 4.40 Å². The highest BCUT2D eigenvalue weighted by molar-refractivity contribution is 8.00. The highest BCUT2D eigenvalue weighted by Crippen LogP contribution is 2.35. The van der Waals surface area contributed by atoms with Gasteiger partial charge in [-0.3, -0.25) is 4.79 Å². The van der Waals surface area contributed by atoms with Crippen molar-refractivity contribution < 1.29 is 27.4 Å². The molecule has 9 nitrogen and oxygen atoms in total. The van der Waals surface area contributed by atoms with E-state index in [0.29, 0.717) is 66.7 Å². The van der Waals surface area contributed by atoms with E-state index in [4.69, 9.17) is 14.2 Å². The zero-order valence-electron chi connectivity index (χ0n) is 19.6. The molecule has 35 heavy (non-hydrogen) atoms. The summed E-state index contributed by atoms with van der Waals surface area (Å²) >= 11 is 0. The predicted molar refractivity (Wildman–Crippen MR) is 131 cm³/mol. The fourth-order valence-corrected chi connectivity index (χ4v) is 6.15. The zero-order chi connectivity index (χ0) is 24.6. The molecule has 3 aliphatic heterocycles. The minimum atomic E-state index is -3.79. The van der Waals surface area contributed by atoms with E-state index >= 15 is 0 Å². The number of amidine groups is 1. The predicted octanol–water partition coefficient (Wildman–Crippen LogP) is 2.93. The molecular formula is C25H27N3O6S. The third-order valence-electron chi connectivity index (χ3n) is 6.56. The number of sulfonamides is 1. The number of methoxy groups -OCH3 is 1. The van der Waals surface area contributed by atoms with Gasteiger partial charge in [0, 0.05) is 31.1 Å². The van der Waals surface area contributed by atoms with Gasteiger partial charge in [0.25, 0.3) is 10.0 Å². The summed E-state index contributed by atoms with van der Waals surface area (Å²) in [6, 6.07) is 12.5. The van der Waals surface area contributed by atoms with Gasteiger partial charge in [0.1, 0.15) is 16.5 Å². The minimum Gasteiger partial charge on any atom is -0.497 e. The van der Waals surface area contributed by atoms with Crippen LogP contribution in [-0.4, -0.2) is 52.1 Å². The molecule has 0 aromatic heterocycles. The van der Waals surface area contributed by atoms with Crippen molar-refractivity contribution in [1.82, 2.24) is 10.2 Å². The van der Waals surface area contributed by atoms with Crippen molar-refractivity contribution in [1.29, 1.82) is 0 Å². The third kappa shape index (κ3) is 4.58. The highest BCUT2D eigenvalue weighted by atomic mass is 32.2. The van der Waals surface area contributed by atoms with E-state index in [2.05, 4.69) is 9.71 Å². The lowest BCUT2D eigenvalue weighted by Crippen LogP contribution is -2.43. The molecule has 184 valence electrons. The van der Waals surface area contributed by atoms with Gasteiger partial charge in [-0.25, -0.2) is 0 Å². The van der Waals surface area contributed by atoms with Gasteiger partial charge >= 0.3 is 0 Å². The Balaban J connectivity index is 1.21. The van der Waals surface area contributed by atoms with E-state index in [0.717, 1.165) is 5.56 Å². The number of nitrogens with one attached hydrogen (secondary N) is 1. The average Bonchev–Trinajstić information content (AvgIpc) is 3.43. The van der Waals surface area contributed by atoms with Gasteiger partial charge in [0.2, 0.25) is 12.7 Å². The zero-order valence-corrected chi connectivity index (χ0v) is 20.4. The average molecular weight is 498 g/mol. The molecule has 2 aromatic rings. The number of carbonyl (C=O) groups is 1. The molecule has 0 atom stereocenters. The number of piperidine rings is 1. The van der Waals surface area contributed by atoms with Crippen molar-refractivity contribution in [3.63, 3.8) is 0 Å². The molecular weight excluding hydrogens is 470 g/mol. The van der Waals surface area contributed by atoms with Crippen molar-refractivity contribution in [2.24, 2.45) is 10.3 Å². The summed E-state index contributed by atoms with van der Waals surface area (Å²) in [7, 11) is -2.23. The molecule has 10 heteroatoms. The number of hydrogen-bond acceptors (Lipinski definition) is 7. The second-order valence-electron chi connectivity index (χ2n) is 8.74. The molecule has 0 spiro atoms. The number of amides is 1. The normalized spacial score (nSPS) is 19.0. The first-order chi connectivity index (χ1) is 16.9. The smallest absolute Gasteiger partial charge is 0.285 e. The van der Waals surface area contributed by atoms with Gasteiger partial charge < -0.3 is 24.4 Å². The van der Waals surface area contributed by atoms with E-state index in [1.54, 1.807) is 38.3 Å². The molecule has 0 aliphatic carbocycles. The lowest BCUT2D eigenvalue weighted by molar-refractivity contribution is -0.126. The summed E-state index contributed by atoms with van der Waals surface area (Å²) in [6.45, 7) is 3.53. The Bertz CT molecular complexity index is 1310. The van der Waals surface area contributed by atoms with Crippen LogP contribution in [0.4, 0.5) is 0 Å². The number of ether oxygens (including phenoxy) is 3. The van der Waals surface area contributed by atoms with Crippen LogP contribution in [0.5, 0.6) is 17.2 Å². The second-order valence-corrected chi connectivity index (χ2v) is 10.3. The Labute approximate surface area is 204 Å². The van der Waals surface area contributed by atoms with Gasteiger partial charge in [-0.05, 0) is 67.3 Å². The van der Waals surface area contributed by atoms with Crippen LogP contribution in [0.25, 0.3) is 4.91 Å². The van der Waals surface area contributed by atoms with Crippen LogP contribution in [0.3, 0.4) is 0 Å². The Morgan fingerprint density at radius 1 is 1.11 bits per heavy atom. The van der Waals surface area contributed by atoms with Crippen molar-refractivity contribution in [2.45, 2.75) is 26.3 Å². The van der Waals surface area contributed by atoms with Crippen LogP contribution in [0, 0.1) is 5.92 Å². The number of rotatable bonds is 5. The van der Waals surface area contributed by atoms with Crippen molar-refractivity contribution in [2.75, 3.05) is 27.0 Å². The summed E-state index contributed by atoms with van der Waals surface area (Å²) in [4.78, 5) is 14.9. The van der Waals surface area contributed by atoms with Gasteiger partial charge in [0.05, 0.1) is 7.11 Å². The number of carbonyl (C=O) groups excluding carboxylic acids is 1. The molecule has 5 rings (SSSR count). The molecule has 3 aliphatic rings. The van der Waals surface area contributed by atoms with E-state index in [9.17, 15) is 13.2 Å². The monoisotopic (exact) mass is 497 g/mol. The second kappa shape index (κ2) is 9.26. The molecule has 1 fully saturated rings. The molecule has 1 amide bonds. The minimum absolute atomic E-state index is 0.00511. The Morgan fingerprint density at radius 2 is 1.83 bits per heavy atom. The first-order valence-corrected chi connectivity index (χ1v) is 12.9. The quantitative estimate of drug-likeness (QED) is 0.677. The van der Waals surface area contributed by atoms with Gasteiger partial charge in [-0.2, -0.15) is 8.42 Å². The van der Waals surface area contributed by atoms with Crippen LogP contribution in [0.1, 0.15) is 30.9 Å². The Kier molecular flexibility index (Phi) is 6.14. The summed E-state index contributed by atoms with van der Waals surface area (Å²) in [5, 5.41) is 3.00. The molecule has 2 aromatic carbocycles. The van der Waals surface area contributed by atoms with Gasteiger partial charge in [0.15, 0.2) is 11.5 Å². The van der Waals surface area contributed by atoms with Crippen LogP contribution in [-0.2, 0) is 21.4 Å². The van der Waals surface area contributed by atoms with Gasteiger partial charge in [-0.1, -0.05) is 6.07 Å². The third-order valence-corrected chi connectivity index (χ3v) is 8.03. The van der Waals surface area contributed by atoms with Crippen LogP contribution in [0.2, 0.25) is 0 Å². The number of hydrogen-bond donors (Lipinski definition) is 1. The highest BCUT2D eigenvalue weighted by Gasteiger charge is 2.35. The molecule has 0 bridgehead atoms. The molecule has 3 heterocycles. The molecule has 0 unspecified atom stereocenters. The van der Waals surface area contributed by atoms with E-state index in [1.807, 2.05) is 23.1 Å². The first-order valence-electron chi connectivity index (χ1n) is 11.5. The van der Waals surface area contributed by atoms with E-state index in [-0.39, 0.29) is 23.5 Å². The maximum atomic E-state index is 12.9. The summed E-state index contributed by atoms with van der Waals surface area (Å²) in [6.07, 6.45) is 1.24. The topological polar surface area (TPSA) is 107 Å². The summed E-state index contributed by atoms with van der Waals surface area (Å²) in [5.74, 6) is 2.38. The lowest BCUT2D eigenvalue weighted by Gasteiger charge is -2.32. The summed E-state index contributed by atoms with van der Waals surface area (Å²) in [5.41, 5.74) is 2.15. The Hall–Kier alpha value is -3.53.